The molecule has 0 spiro atoms. The number of likely N-dealkylation sites (tertiary alicyclic amines) is 1. The van der Waals surface area contributed by atoms with E-state index < -0.39 is 0 Å². The minimum absolute atomic E-state index is 0. The molecule has 1 saturated heterocycles. The van der Waals surface area contributed by atoms with Crippen LogP contribution in [-0.2, 0) is 6.54 Å². The lowest BCUT2D eigenvalue weighted by Gasteiger charge is -2.32. The number of benzene rings is 1. The van der Waals surface area contributed by atoms with Crippen LogP contribution < -0.4 is 5.32 Å². The molecule has 0 bridgehead atoms. The molecule has 22 heavy (non-hydrogen) atoms. The fourth-order valence-corrected chi connectivity index (χ4v) is 3.15. The van der Waals surface area contributed by atoms with Gasteiger partial charge < -0.3 is 5.32 Å². The number of para-hydroxylation sites is 1. The Morgan fingerprint density at radius 3 is 2.82 bits per heavy atom. The third-order valence-corrected chi connectivity index (χ3v) is 4.15. The number of nitrogens with zero attached hydrogens (tertiary/aromatic N) is 3. The van der Waals surface area contributed by atoms with Crippen LogP contribution in [0.4, 0.5) is 0 Å². The second-order valence-corrected chi connectivity index (χ2v) is 5.89. The number of rotatable bonds is 5. The third-order valence-electron chi connectivity index (χ3n) is 4.15. The lowest BCUT2D eigenvalue weighted by atomic mass is 9.98. The lowest BCUT2D eigenvalue weighted by molar-refractivity contribution is 0.165. The van der Waals surface area contributed by atoms with Gasteiger partial charge in [0.2, 0.25) is 0 Å². The Hall–Kier alpha value is -1.36. The van der Waals surface area contributed by atoms with Crippen molar-refractivity contribution in [2.45, 2.75) is 19.4 Å². The number of hydrogen-bond acceptors (Lipinski definition) is 3. The van der Waals surface area contributed by atoms with E-state index in [1.54, 1.807) is 0 Å². The zero-order valence-electron chi connectivity index (χ0n) is 13.1. The fourth-order valence-electron chi connectivity index (χ4n) is 3.15. The highest BCUT2D eigenvalue weighted by Gasteiger charge is 2.19. The van der Waals surface area contributed by atoms with E-state index in [-0.39, 0.29) is 12.4 Å². The van der Waals surface area contributed by atoms with E-state index >= 15 is 0 Å². The van der Waals surface area contributed by atoms with Crippen molar-refractivity contribution < 1.29 is 0 Å². The van der Waals surface area contributed by atoms with Crippen LogP contribution in [0.2, 0.25) is 0 Å². The number of piperidine rings is 1. The molecule has 1 aliphatic heterocycles. The first-order valence-corrected chi connectivity index (χ1v) is 7.82. The monoisotopic (exact) mass is 320 g/mol. The zero-order chi connectivity index (χ0) is 14.5. The molecule has 120 valence electrons. The Balaban J connectivity index is 0.00000176. The van der Waals surface area contributed by atoms with Crippen molar-refractivity contribution in [3.63, 3.8) is 0 Å². The summed E-state index contributed by atoms with van der Waals surface area (Å²) in [5.74, 6) is 0.778. The molecule has 1 unspecified atom stereocenters. The highest BCUT2D eigenvalue weighted by Crippen LogP contribution is 2.18. The Kier molecular flexibility index (Phi) is 6.43. The summed E-state index contributed by atoms with van der Waals surface area (Å²) in [4.78, 5) is 2.53. The largest absolute Gasteiger partial charge is 0.319 e. The third kappa shape index (κ3) is 4.32. The van der Waals surface area contributed by atoms with Gasteiger partial charge in [0.15, 0.2) is 0 Å². The molecule has 1 atom stereocenters. The van der Waals surface area contributed by atoms with Gasteiger partial charge in [-0.15, -0.1) is 12.4 Å². The van der Waals surface area contributed by atoms with E-state index in [4.69, 9.17) is 5.10 Å². The molecule has 1 N–H and O–H groups in total. The summed E-state index contributed by atoms with van der Waals surface area (Å²) in [6.45, 7) is 4.45. The van der Waals surface area contributed by atoms with E-state index in [0.717, 1.165) is 30.4 Å². The molecule has 4 nitrogen and oxygen atoms in total. The van der Waals surface area contributed by atoms with Gasteiger partial charge in [-0.3, -0.25) is 4.90 Å². The zero-order valence-corrected chi connectivity index (χ0v) is 13.9. The van der Waals surface area contributed by atoms with E-state index in [1.165, 1.54) is 25.9 Å². The van der Waals surface area contributed by atoms with E-state index in [0.29, 0.717) is 0 Å². The fraction of sp³-hybridized carbons (Fsp3) is 0.471. The van der Waals surface area contributed by atoms with Gasteiger partial charge in [0.1, 0.15) is 0 Å². The summed E-state index contributed by atoms with van der Waals surface area (Å²) in [5.41, 5.74) is 2.28. The van der Waals surface area contributed by atoms with Gasteiger partial charge in [-0.25, -0.2) is 4.68 Å². The molecular weight excluding hydrogens is 296 g/mol. The first kappa shape index (κ1) is 17.0. The topological polar surface area (TPSA) is 33.1 Å². The molecule has 2 aromatic rings. The molecule has 0 amide bonds. The Bertz CT molecular complexity index is 553. The predicted octanol–water partition coefficient (Wildman–Crippen LogP) is 2.73. The van der Waals surface area contributed by atoms with Crippen molar-refractivity contribution >= 4 is 12.4 Å². The van der Waals surface area contributed by atoms with Crippen LogP contribution in [-0.4, -0.2) is 41.4 Å². The molecule has 2 heterocycles. The van der Waals surface area contributed by atoms with E-state index in [1.807, 2.05) is 29.9 Å². The Labute approximate surface area is 138 Å². The molecule has 1 fully saturated rings. The minimum atomic E-state index is 0. The van der Waals surface area contributed by atoms with Gasteiger partial charge in [0, 0.05) is 19.3 Å². The van der Waals surface area contributed by atoms with Gasteiger partial charge in [-0.05, 0) is 57.1 Å². The summed E-state index contributed by atoms with van der Waals surface area (Å²) in [5, 5.41) is 8.01. The Morgan fingerprint density at radius 1 is 1.23 bits per heavy atom. The highest BCUT2D eigenvalue weighted by molar-refractivity contribution is 5.85. The van der Waals surface area contributed by atoms with Crippen molar-refractivity contribution in [2.75, 3.05) is 26.7 Å². The number of hydrogen-bond donors (Lipinski definition) is 1. The van der Waals surface area contributed by atoms with Crippen molar-refractivity contribution in [1.82, 2.24) is 20.0 Å². The van der Waals surface area contributed by atoms with Gasteiger partial charge in [-0.2, -0.15) is 5.10 Å². The number of nitrogens with one attached hydrogen (secondary N) is 1. The van der Waals surface area contributed by atoms with Crippen molar-refractivity contribution in [1.29, 1.82) is 0 Å². The minimum Gasteiger partial charge on any atom is -0.319 e. The van der Waals surface area contributed by atoms with Crippen LogP contribution in [0.15, 0.2) is 42.6 Å². The van der Waals surface area contributed by atoms with Crippen LogP contribution in [0.1, 0.15) is 18.5 Å². The summed E-state index contributed by atoms with van der Waals surface area (Å²) >= 11 is 0. The van der Waals surface area contributed by atoms with Crippen molar-refractivity contribution in [2.24, 2.45) is 5.92 Å². The first-order chi connectivity index (χ1) is 10.3. The van der Waals surface area contributed by atoms with Crippen LogP contribution in [0.25, 0.3) is 5.69 Å². The van der Waals surface area contributed by atoms with Crippen LogP contribution in [0.5, 0.6) is 0 Å². The lowest BCUT2D eigenvalue weighted by Crippen LogP contribution is -2.38. The highest BCUT2D eigenvalue weighted by atomic mass is 35.5. The summed E-state index contributed by atoms with van der Waals surface area (Å²) < 4.78 is 1.96. The molecule has 0 radical (unpaired) electrons. The molecule has 1 aliphatic rings. The molecule has 0 aliphatic carbocycles. The number of halogens is 1. The Morgan fingerprint density at radius 2 is 2.05 bits per heavy atom. The van der Waals surface area contributed by atoms with Crippen LogP contribution in [0, 0.1) is 5.92 Å². The predicted molar refractivity (Wildman–Crippen MR) is 92.7 cm³/mol. The summed E-state index contributed by atoms with van der Waals surface area (Å²) in [7, 11) is 2.04. The normalized spacial score (nSPS) is 18.9. The molecule has 0 saturated carbocycles. The second kappa shape index (κ2) is 8.32. The van der Waals surface area contributed by atoms with Gasteiger partial charge in [0.25, 0.3) is 0 Å². The number of aromatic nitrogens is 2. The molecule has 1 aromatic carbocycles. The quantitative estimate of drug-likeness (QED) is 0.919. The van der Waals surface area contributed by atoms with Crippen molar-refractivity contribution in [3.05, 3.63) is 48.3 Å². The summed E-state index contributed by atoms with van der Waals surface area (Å²) in [6.07, 6.45) is 4.70. The molecule has 1 aromatic heterocycles. The van der Waals surface area contributed by atoms with Gasteiger partial charge in [0.05, 0.1) is 11.4 Å². The first-order valence-electron chi connectivity index (χ1n) is 7.82. The maximum atomic E-state index is 4.70. The van der Waals surface area contributed by atoms with Crippen LogP contribution >= 0.6 is 12.4 Å². The standard InChI is InChI=1S/C17H24N4.ClH/c1-18-12-15-6-5-10-20(13-15)14-16-9-11-21(19-16)17-7-3-2-4-8-17;/h2-4,7-9,11,15,18H,5-6,10,12-14H2,1H3;1H. The molecular formula is C17H25ClN4. The van der Waals surface area contributed by atoms with Gasteiger partial charge in [-0.1, -0.05) is 18.2 Å². The van der Waals surface area contributed by atoms with E-state index in [9.17, 15) is 0 Å². The molecule has 5 heteroatoms. The molecule has 3 rings (SSSR count). The summed E-state index contributed by atoms with van der Waals surface area (Å²) in [6, 6.07) is 12.4. The smallest absolute Gasteiger partial charge is 0.0769 e. The average Bonchev–Trinajstić information content (AvgIpc) is 2.97. The van der Waals surface area contributed by atoms with Gasteiger partial charge >= 0.3 is 0 Å². The average molecular weight is 321 g/mol. The maximum absolute atomic E-state index is 4.70. The van der Waals surface area contributed by atoms with Crippen LogP contribution in [0.3, 0.4) is 0 Å². The maximum Gasteiger partial charge on any atom is 0.0769 e. The second-order valence-electron chi connectivity index (χ2n) is 5.89. The van der Waals surface area contributed by atoms with Crippen molar-refractivity contribution in [3.8, 4) is 5.69 Å². The SMILES string of the molecule is CNCC1CCCN(Cc2ccn(-c3ccccc3)n2)C1.Cl. The van der Waals surface area contributed by atoms with E-state index in [2.05, 4.69) is 34.6 Å².